The van der Waals surface area contributed by atoms with Gasteiger partial charge in [0.05, 0.1) is 11.3 Å². The lowest BCUT2D eigenvalue weighted by Crippen LogP contribution is -2.22. The van der Waals surface area contributed by atoms with Gasteiger partial charge in [0.2, 0.25) is 0 Å². The van der Waals surface area contributed by atoms with Crippen LogP contribution in [0.1, 0.15) is 20.9 Å². The summed E-state index contributed by atoms with van der Waals surface area (Å²) < 4.78 is 1.82. The van der Waals surface area contributed by atoms with E-state index in [0.29, 0.717) is 10.7 Å². The van der Waals surface area contributed by atoms with Gasteiger partial charge in [-0.3, -0.25) is 10.1 Å². The van der Waals surface area contributed by atoms with E-state index in [2.05, 4.69) is 54.1 Å². The summed E-state index contributed by atoms with van der Waals surface area (Å²) in [6.45, 7) is 1.79. The van der Waals surface area contributed by atoms with Gasteiger partial charge in [-0.05, 0) is 56.7 Å². The number of benzene rings is 1. The van der Waals surface area contributed by atoms with Crippen LogP contribution in [0.15, 0.2) is 22.7 Å². The molecule has 2 aromatic rings. The number of hydrogen-bond acceptors (Lipinski definition) is 4. The molecule has 104 valence electrons. The van der Waals surface area contributed by atoms with Crippen molar-refractivity contribution in [2.24, 2.45) is 0 Å². The Labute approximate surface area is 142 Å². The van der Waals surface area contributed by atoms with Crippen LogP contribution >= 0.6 is 49.9 Å². The lowest BCUT2D eigenvalue weighted by Gasteiger charge is -2.09. The van der Waals surface area contributed by atoms with Crippen molar-refractivity contribution < 1.29 is 4.79 Å². The van der Waals surface area contributed by atoms with E-state index >= 15 is 0 Å². The van der Waals surface area contributed by atoms with Gasteiger partial charge in [0.1, 0.15) is 0 Å². The van der Waals surface area contributed by atoms with Crippen LogP contribution in [0.3, 0.4) is 0 Å². The minimum Gasteiger partial charge on any atom is -0.311 e. The van der Waals surface area contributed by atoms with Crippen LogP contribution in [0.4, 0.5) is 5.13 Å². The first-order valence-corrected chi connectivity index (χ1v) is 8.78. The molecule has 1 aliphatic rings. The third kappa shape index (κ3) is 3.05. The predicted octanol–water partition coefficient (Wildman–Crippen LogP) is 3.41. The molecule has 0 bridgehead atoms. The number of anilines is 1. The molecule has 20 heavy (non-hydrogen) atoms. The molecule has 1 amide bonds. The summed E-state index contributed by atoms with van der Waals surface area (Å²) >= 11 is 7.15. The maximum atomic E-state index is 12.3. The summed E-state index contributed by atoms with van der Waals surface area (Å²) in [4.78, 5) is 18.0. The van der Waals surface area contributed by atoms with E-state index in [9.17, 15) is 4.79 Å². The average molecular weight is 464 g/mol. The predicted molar refractivity (Wildman–Crippen MR) is 92.3 cm³/mol. The molecule has 1 aliphatic heterocycles. The number of amides is 1. The van der Waals surface area contributed by atoms with E-state index in [0.717, 1.165) is 33.2 Å². The summed E-state index contributed by atoms with van der Waals surface area (Å²) in [6, 6.07) is 5.69. The Morgan fingerprint density at radius 2 is 2.35 bits per heavy atom. The lowest BCUT2D eigenvalue weighted by atomic mass is 10.2. The number of aromatic nitrogens is 1. The summed E-state index contributed by atoms with van der Waals surface area (Å²) in [6.07, 6.45) is 0.925. The molecule has 0 spiro atoms. The summed E-state index contributed by atoms with van der Waals surface area (Å²) in [5, 5.41) is 6.87. The lowest BCUT2D eigenvalue weighted by molar-refractivity contribution is 0.102. The van der Waals surface area contributed by atoms with Crippen LogP contribution in [0, 0.1) is 3.57 Å². The van der Waals surface area contributed by atoms with Crippen molar-refractivity contribution in [2.45, 2.75) is 13.0 Å². The second-order valence-corrected chi connectivity index (χ2v) is 7.58. The molecule has 4 nitrogen and oxygen atoms in total. The molecule has 3 rings (SSSR count). The molecule has 0 atom stereocenters. The minimum absolute atomic E-state index is 0.130. The van der Waals surface area contributed by atoms with Crippen LogP contribution in [-0.4, -0.2) is 17.4 Å². The van der Waals surface area contributed by atoms with E-state index in [1.165, 1.54) is 4.88 Å². The SMILES string of the molecule is O=C(Nc1nc2c(s1)CNCC2)c1cc(I)ccc1Br. The molecule has 0 fully saturated rings. The van der Waals surface area contributed by atoms with Gasteiger partial charge in [0, 0.05) is 32.4 Å². The molecule has 0 saturated carbocycles. The fourth-order valence-corrected chi connectivity index (χ4v) is 3.91. The molecule has 0 unspecified atom stereocenters. The molecule has 2 N–H and O–H groups in total. The van der Waals surface area contributed by atoms with Gasteiger partial charge in [0.25, 0.3) is 5.91 Å². The Morgan fingerprint density at radius 3 is 3.15 bits per heavy atom. The molecule has 0 saturated heterocycles. The Kier molecular flexibility index (Phi) is 4.39. The highest BCUT2D eigenvalue weighted by molar-refractivity contribution is 14.1. The normalized spacial score (nSPS) is 13.9. The minimum atomic E-state index is -0.130. The second-order valence-electron chi connectivity index (χ2n) is 4.39. The molecular formula is C13H11BrIN3OS. The zero-order valence-electron chi connectivity index (χ0n) is 10.4. The van der Waals surface area contributed by atoms with Crippen LogP contribution < -0.4 is 10.6 Å². The van der Waals surface area contributed by atoms with Crippen LogP contribution in [-0.2, 0) is 13.0 Å². The first-order chi connectivity index (χ1) is 9.63. The summed E-state index contributed by atoms with van der Waals surface area (Å²) in [5.41, 5.74) is 1.73. The van der Waals surface area contributed by atoms with Crippen molar-refractivity contribution in [1.82, 2.24) is 10.3 Å². The molecule has 0 aliphatic carbocycles. The smallest absolute Gasteiger partial charge is 0.258 e. The van der Waals surface area contributed by atoms with Crippen LogP contribution in [0.2, 0.25) is 0 Å². The van der Waals surface area contributed by atoms with Crippen LogP contribution in [0.25, 0.3) is 0 Å². The zero-order valence-corrected chi connectivity index (χ0v) is 14.9. The third-order valence-corrected chi connectivity index (χ3v) is 5.37. The fourth-order valence-electron chi connectivity index (χ4n) is 2.01. The van der Waals surface area contributed by atoms with E-state index < -0.39 is 0 Å². The summed E-state index contributed by atoms with van der Waals surface area (Å²) in [7, 11) is 0. The zero-order chi connectivity index (χ0) is 14.1. The number of carbonyl (C=O) groups excluding carboxylic acids is 1. The van der Waals surface area contributed by atoms with Crippen molar-refractivity contribution in [3.8, 4) is 0 Å². The number of carbonyl (C=O) groups is 1. The maximum absolute atomic E-state index is 12.3. The highest BCUT2D eigenvalue weighted by atomic mass is 127. The average Bonchev–Trinajstić information content (AvgIpc) is 2.83. The Bertz CT molecular complexity index is 650. The number of rotatable bonds is 2. The number of nitrogens with one attached hydrogen (secondary N) is 2. The van der Waals surface area contributed by atoms with E-state index in [-0.39, 0.29) is 5.91 Å². The molecule has 0 radical (unpaired) electrons. The van der Waals surface area contributed by atoms with Gasteiger partial charge in [-0.15, -0.1) is 11.3 Å². The number of hydrogen-bond donors (Lipinski definition) is 2. The fraction of sp³-hybridized carbons (Fsp3) is 0.231. The second kappa shape index (κ2) is 6.08. The standard InChI is InChI=1S/C13H11BrIN3OS/c14-9-2-1-7(15)5-8(9)12(19)18-13-17-10-3-4-16-6-11(10)20-13/h1-2,5,16H,3-4,6H2,(H,17,18,19). The largest absolute Gasteiger partial charge is 0.311 e. The number of nitrogens with zero attached hydrogens (tertiary/aromatic N) is 1. The Hall–Kier alpha value is -0.510. The molecule has 7 heteroatoms. The Balaban J connectivity index is 1.82. The number of fused-ring (bicyclic) bond motifs is 1. The number of halogens is 2. The summed E-state index contributed by atoms with van der Waals surface area (Å²) in [5.74, 6) is -0.130. The molecule has 1 aromatic carbocycles. The topological polar surface area (TPSA) is 54.0 Å². The van der Waals surface area contributed by atoms with Gasteiger partial charge in [0.15, 0.2) is 5.13 Å². The van der Waals surface area contributed by atoms with Crippen molar-refractivity contribution in [1.29, 1.82) is 0 Å². The highest BCUT2D eigenvalue weighted by Crippen LogP contribution is 2.27. The van der Waals surface area contributed by atoms with Crippen molar-refractivity contribution >= 4 is 60.9 Å². The van der Waals surface area contributed by atoms with Gasteiger partial charge in [-0.1, -0.05) is 0 Å². The third-order valence-electron chi connectivity index (χ3n) is 3.00. The van der Waals surface area contributed by atoms with Gasteiger partial charge >= 0.3 is 0 Å². The van der Waals surface area contributed by atoms with Crippen LogP contribution in [0.5, 0.6) is 0 Å². The van der Waals surface area contributed by atoms with Crippen molar-refractivity contribution in [2.75, 3.05) is 11.9 Å². The van der Waals surface area contributed by atoms with Gasteiger partial charge < -0.3 is 5.32 Å². The van der Waals surface area contributed by atoms with E-state index in [4.69, 9.17) is 0 Å². The van der Waals surface area contributed by atoms with Gasteiger partial charge in [-0.2, -0.15) is 0 Å². The maximum Gasteiger partial charge on any atom is 0.258 e. The number of thiazole rings is 1. The molecular weight excluding hydrogens is 453 g/mol. The first kappa shape index (κ1) is 14.4. The quantitative estimate of drug-likeness (QED) is 0.671. The van der Waals surface area contributed by atoms with E-state index in [1.807, 2.05) is 18.2 Å². The monoisotopic (exact) mass is 463 g/mol. The highest BCUT2D eigenvalue weighted by Gasteiger charge is 2.17. The van der Waals surface area contributed by atoms with Crippen molar-refractivity contribution in [3.05, 3.63) is 42.4 Å². The van der Waals surface area contributed by atoms with Gasteiger partial charge in [-0.25, -0.2) is 4.98 Å². The molecule has 1 aromatic heterocycles. The Morgan fingerprint density at radius 1 is 1.50 bits per heavy atom. The van der Waals surface area contributed by atoms with Crippen molar-refractivity contribution in [3.63, 3.8) is 0 Å². The molecule has 2 heterocycles. The first-order valence-electron chi connectivity index (χ1n) is 6.09. The van der Waals surface area contributed by atoms with E-state index in [1.54, 1.807) is 11.3 Å².